The van der Waals surface area contributed by atoms with E-state index in [9.17, 15) is 0 Å². The van der Waals surface area contributed by atoms with Gasteiger partial charge in [-0.1, -0.05) is 32.0 Å². The lowest BCUT2D eigenvalue weighted by Crippen LogP contribution is -2.26. The molecule has 1 aliphatic rings. The third kappa shape index (κ3) is 3.00. The predicted molar refractivity (Wildman–Crippen MR) is 84.1 cm³/mol. The van der Waals surface area contributed by atoms with Crippen LogP contribution < -0.4 is 5.32 Å². The Labute approximate surface area is 126 Å². The van der Waals surface area contributed by atoms with Crippen LogP contribution in [0.1, 0.15) is 61.2 Å². The molecule has 2 aromatic rings. The molecule has 0 saturated heterocycles. The summed E-state index contributed by atoms with van der Waals surface area (Å²) >= 11 is 0. The highest BCUT2D eigenvalue weighted by Gasteiger charge is 2.21. The first-order chi connectivity index (χ1) is 10.1. The van der Waals surface area contributed by atoms with Gasteiger partial charge in [0.15, 0.2) is 0 Å². The molecule has 112 valence electrons. The van der Waals surface area contributed by atoms with Crippen molar-refractivity contribution in [1.29, 1.82) is 0 Å². The van der Waals surface area contributed by atoms with Gasteiger partial charge in [0.05, 0.1) is 6.54 Å². The van der Waals surface area contributed by atoms with Gasteiger partial charge in [0.25, 0.3) is 0 Å². The molecule has 0 fully saturated rings. The van der Waals surface area contributed by atoms with Crippen LogP contribution in [0.2, 0.25) is 0 Å². The number of aromatic nitrogens is 3. The monoisotopic (exact) mass is 284 g/mol. The molecular formula is C17H24N4. The minimum absolute atomic E-state index is 0.434. The van der Waals surface area contributed by atoms with E-state index in [4.69, 9.17) is 0 Å². The second-order valence-corrected chi connectivity index (χ2v) is 6.30. The molecule has 0 amide bonds. The lowest BCUT2D eigenvalue weighted by atomic mass is 9.85. The fraction of sp³-hybridized carbons (Fsp3) is 0.529. The molecule has 0 aliphatic heterocycles. The molecule has 4 heteroatoms. The van der Waals surface area contributed by atoms with Crippen molar-refractivity contribution in [2.24, 2.45) is 7.05 Å². The van der Waals surface area contributed by atoms with Gasteiger partial charge in [-0.25, -0.2) is 0 Å². The van der Waals surface area contributed by atoms with Gasteiger partial charge in [0.1, 0.15) is 12.2 Å². The fourth-order valence-electron chi connectivity index (χ4n) is 3.07. The molecule has 1 N–H and O–H groups in total. The second-order valence-electron chi connectivity index (χ2n) is 6.30. The van der Waals surface area contributed by atoms with Crippen LogP contribution in [0.3, 0.4) is 0 Å². The summed E-state index contributed by atoms with van der Waals surface area (Å²) in [5.41, 5.74) is 4.41. The summed E-state index contributed by atoms with van der Waals surface area (Å²) in [6.07, 6.45) is 5.41. The van der Waals surface area contributed by atoms with E-state index in [-0.39, 0.29) is 0 Å². The van der Waals surface area contributed by atoms with Gasteiger partial charge in [-0.3, -0.25) is 0 Å². The molecule has 21 heavy (non-hydrogen) atoms. The number of hydrogen-bond donors (Lipinski definition) is 1. The lowest BCUT2D eigenvalue weighted by Gasteiger charge is -2.27. The van der Waals surface area contributed by atoms with Gasteiger partial charge < -0.3 is 9.88 Å². The zero-order chi connectivity index (χ0) is 14.8. The molecule has 1 aromatic carbocycles. The van der Waals surface area contributed by atoms with Crippen molar-refractivity contribution in [3.05, 3.63) is 47.0 Å². The van der Waals surface area contributed by atoms with Crippen molar-refractivity contribution >= 4 is 0 Å². The van der Waals surface area contributed by atoms with Crippen molar-refractivity contribution in [2.45, 2.75) is 51.6 Å². The summed E-state index contributed by atoms with van der Waals surface area (Å²) in [4.78, 5) is 0. The first kappa shape index (κ1) is 14.3. The summed E-state index contributed by atoms with van der Waals surface area (Å²) in [7, 11) is 1.99. The topological polar surface area (TPSA) is 42.7 Å². The molecule has 1 aliphatic carbocycles. The van der Waals surface area contributed by atoms with E-state index in [1.54, 1.807) is 6.33 Å². The van der Waals surface area contributed by atoms with Crippen molar-refractivity contribution in [1.82, 2.24) is 20.1 Å². The van der Waals surface area contributed by atoms with Gasteiger partial charge >= 0.3 is 0 Å². The maximum atomic E-state index is 4.15. The van der Waals surface area contributed by atoms with Crippen LogP contribution in [0, 0.1) is 0 Å². The first-order valence-electron chi connectivity index (χ1n) is 7.84. The van der Waals surface area contributed by atoms with Crippen molar-refractivity contribution in [3.63, 3.8) is 0 Å². The minimum atomic E-state index is 0.434. The van der Waals surface area contributed by atoms with E-state index < -0.39 is 0 Å². The standard InChI is InChI=1S/C17H24N4/c1-12(2)14-8-7-13-5-4-6-16(15(13)9-14)18-10-17-20-19-11-21(17)3/h7-9,11-12,16,18H,4-6,10H2,1-3H3/t16-/m1/s1. The van der Waals surface area contributed by atoms with E-state index in [0.29, 0.717) is 12.0 Å². The quantitative estimate of drug-likeness (QED) is 0.938. The number of benzene rings is 1. The van der Waals surface area contributed by atoms with Gasteiger partial charge in [0.2, 0.25) is 0 Å². The summed E-state index contributed by atoms with van der Waals surface area (Å²) < 4.78 is 1.97. The molecule has 1 atom stereocenters. The molecule has 0 unspecified atom stereocenters. The Morgan fingerprint density at radius 2 is 2.24 bits per heavy atom. The highest BCUT2D eigenvalue weighted by atomic mass is 15.3. The smallest absolute Gasteiger partial charge is 0.146 e. The SMILES string of the molecule is CC(C)c1ccc2c(c1)[C@H](NCc1nncn1C)CCC2. The Morgan fingerprint density at radius 3 is 2.95 bits per heavy atom. The predicted octanol–water partition coefficient (Wildman–Crippen LogP) is 3.11. The van der Waals surface area contributed by atoms with E-state index >= 15 is 0 Å². The number of fused-ring (bicyclic) bond motifs is 1. The number of rotatable bonds is 4. The molecule has 1 heterocycles. The number of hydrogen-bond acceptors (Lipinski definition) is 3. The summed E-state index contributed by atoms with van der Waals surface area (Å²) in [5, 5.41) is 11.8. The largest absolute Gasteiger partial charge is 0.320 e. The molecule has 0 radical (unpaired) electrons. The maximum absolute atomic E-state index is 4.15. The highest BCUT2D eigenvalue weighted by Crippen LogP contribution is 2.32. The minimum Gasteiger partial charge on any atom is -0.320 e. The van der Waals surface area contributed by atoms with E-state index in [0.717, 1.165) is 12.4 Å². The van der Waals surface area contributed by atoms with Gasteiger partial charge in [0, 0.05) is 13.1 Å². The van der Waals surface area contributed by atoms with E-state index in [2.05, 4.69) is 47.6 Å². The molecule has 3 rings (SSSR count). The van der Waals surface area contributed by atoms with Crippen LogP contribution in [0.4, 0.5) is 0 Å². The lowest BCUT2D eigenvalue weighted by molar-refractivity contribution is 0.448. The number of aryl methyl sites for hydroxylation is 2. The first-order valence-corrected chi connectivity index (χ1v) is 7.84. The zero-order valence-corrected chi connectivity index (χ0v) is 13.1. The second kappa shape index (κ2) is 5.98. The van der Waals surface area contributed by atoms with Gasteiger partial charge in [-0.2, -0.15) is 0 Å². The number of nitrogens with zero attached hydrogens (tertiary/aromatic N) is 3. The Balaban J connectivity index is 1.79. The number of nitrogens with one attached hydrogen (secondary N) is 1. The highest BCUT2D eigenvalue weighted by molar-refractivity contribution is 5.37. The Bertz CT molecular complexity index is 615. The van der Waals surface area contributed by atoms with Crippen molar-refractivity contribution in [3.8, 4) is 0 Å². The molecule has 0 spiro atoms. The fourth-order valence-corrected chi connectivity index (χ4v) is 3.07. The van der Waals surface area contributed by atoms with Crippen LogP contribution in [0.5, 0.6) is 0 Å². The molecule has 0 bridgehead atoms. The van der Waals surface area contributed by atoms with Crippen LogP contribution in [-0.4, -0.2) is 14.8 Å². The summed E-state index contributed by atoms with van der Waals surface area (Å²) in [6.45, 7) is 5.28. The molecular weight excluding hydrogens is 260 g/mol. The maximum Gasteiger partial charge on any atom is 0.146 e. The van der Waals surface area contributed by atoms with Gasteiger partial charge in [-0.15, -0.1) is 10.2 Å². The summed E-state index contributed by atoms with van der Waals surface area (Å²) in [6, 6.07) is 7.44. The van der Waals surface area contributed by atoms with Crippen LogP contribution in [-0.2, 0) is 20.0 Å². The van der Waals surface area contributed by atoms with E-state index in [1.165, 1.54) is 36.0 Å². The Kier molecular flexibility index (Phi) is 4.06. The molecule has 4 nitrogen and oxygen atoms in total. The summed E-state index contributed by atoms with van der Waals surface area (Å²) in [5.74, 6) is 1.57. The molecule has 0 saturated carbocycles. The van der Waals surface area contributed by atoms with Crippen molar-refractivity contribution in [2.75, 3.05) is 0 Å². The Hall–Kier alpha value is -1.68. The average Bonchev–Trinajstić information content (AvgIpc) is 2.89. The van der Waals surface area contributed by atoms with Crippen LogP contribution in [0.15, 0.2) is 24.5 Å². The molecule has 1 aromatic heterocycles. The zero-order valence-electron chi connectivity index (χ0n) is 13.1. The van der Waals surface area contributed by atoms with E-state index in [1.807, 2.05) is 11.6 Å². The van der Waals surface area contributed by atoms with Gasteiger partial charge in [-0.05, 0) is 41.9 Å². The Morgan fingerprint density at radius 1 is 1.38 bits per heavy atom. The van der Waals surface area contributed by atoms with Crippen LogP contribution >= 0.6 is 0 Å². The third-order valence-corrected chi connectivity index (χ3v) is 4.46. The third-order valence-electron chi connectivity index (χ3n) is 4.46. The average molecular weight is 284 g/mol. The van der Waals surface area contributed by atoms with Crippen LogP contribution in [0.25, 0.3) is 0 Å². The van der Waals surface area contributed by atoms with Crippen molar-refractivity contribution < 1.29 is 0 Å². The normalized spacial score (nSPS) is 18.0.